The number of nitrogens with zero attached hydrogens (tertiary/aromatic N) is 1. The Bertz CT molecular complexity index is 1310. The van der Waals surface area contributed by atoms with Gasteiger partial charge >= 0.3 is 0 Å². The van der Waals surface area contributed by atoms with E-state index >= 15 is 0 Å². The van der Waals surface area contributed by atoms with Crippen LogP contribution in [0.5, 0.6) is 17.2 Å². The van der Waals surface area contributed by atoms with Gasteiger partial charge in [0.1, 0.15) is 19.0 Å². The number of methoxy groups -OCH3 is 1. The van der Waals surface area contributed by atoms with Gasteiger partial charge in [-0.3, -0.25) is 14.5 Å². The second kappa shape index (κ2) is 11.7. The lowest BCUT2D eigenvalue weighted by molar-refractivity contribution is -0.123. The number of aryl methyl sites for hydroxylation is 1. The fraction of sp³-hybridized carbons (Fsp3) is 0.185. The molecule has 0 radical (unpaired) electrons. The molecule has 0 spiro atoms. The number of amides is 2. The maximum Gasteiger partial charge on any atom is 0.293 e. The molecule has 3 aromatic rings. The predicted octanol–water partition coefficient (Wildman–Crippen LogP) is 7.00. The Morgan fingerprint density at radius 3 is 2.39 bits per heavy atom. The zero-order valence-electron chi connectivity index (χ0n) is 19.6. The number of rotatable bonds is 9. The van der Waals surface area contributed by atoms with Crippen molar-refractivity contribution in [1.29, 1.82) is 0 Å². The molecule has 3 aromatic carbocycles. The topological polar surface area (TPSA) is 65.1 Å². The van der Waals surface area contributed by atoms with Crippen LogP contribution in [-0.4, -0.2) is 36.4 Å². The molecule has 1 fully saturated rings. The number of carbonyl (C=O) groups excluding carboxylic acids is 2. The van der Waals surface area contributed by atoms with Crippen molar-refractivity contribution < 1.29 is 23.8 Å². The van der Waals surface area contributed by atoms with Crippen LogP contribution in [0.15, 0.2) is 65.6 Å². The molecule has 1 aliphatic heterocycles. The molecule has 0 atom stereocenters. The molecule has 0 bridgehead atoms. The van der Waals surface area contributed by atoms with Crippen LogP contribution in [0, 0.1) is 6.92 Å². The number of thioether (sulfide) groups is 1. The summed E-state index contributed by atoms with van der Waals surface area (Å²) in [4.78, 5) is 26.9. The van der Waals surface area contributed by atoms with E-state index < -0.39 is 0 Å². The highest BCUT2D eigenvalue weighted by molar-refractivity contribution is 8.18. The first-order valence-electron chi connectivity index (χ1n) is 11.0. The van der Waals surface area contributed by atoms with Gasteiger partial charge in [0, 0.05) is 10.0 Å². The molecule has 0 saturated carbocycles. The van der Waals surface area contributed by atoms with Gasteiger partial charge in [0.25, 0.3) is 11.1 Å². The second-order valence-electron chi connectivity index (χ2n) is 7.92. The molecule has 36 heavy (non-hydrogen) atoms. The third kappa shape index (κ3) is 6.35. The van der Waals surface area contributed by atoms with Gasteiger partial charge in [-0.05, 0) is 72.3 Å². The van der Waals surface area contributed by atoms with Crippen molar-refractivity contribution >= 4 is 52.2 Å². The van der Waals surface area contributed by atoms with Crippen LogP contribution >= 0.6 is 35.0 Å². The van der Waals surface area contributed by atoms with Crippen LogP contribution in [0.1, 0.15) is 16.7 Å². The third-order valence-electron chi connectivity index (χ3n) is 5.33. The van der Waals surface area contributed by atoms with Crippen molar-refractivity contribution in [1.82, 2.24) is 4.90 Å². The summed E-state index contributed by atoms with van der Waals surface area (Å²) in [6.45, 7) is 2.79. The van der Waals surface area contributed by atoms with E-state index in [0.29, 0.717) is 50.8 Å². The normalized spacial score (nSPS) is 14.4. The summed E-state index contributed by atoms with van der Waals surface area (Å²) in [5.74, 6) is 1.45. The zero-order chi connectivity index (χ0) is 25.7. The average Bonchev–Trinajstić information content (AvgIpc) is 3.12. The highest BCUT2D eigenvalue weighted by Crippen LogP contribution is 2.36. The first-order valence-corrected chi connectivity index (χ1v) is 12.6. The maximum atomic E-state index is 12.9. The van der Waals surface area contributed by atoms with Gasteiger partial charge in [0.15, 0.2) is 11.5 Å². The quantitative estimate of drug-likeness (QED) is 0.213. The summed E-state index contributed by atoms with van der Waals surface area (Å²) < 4.78 is 17.0. The van der Waals surface area contributed by atoms with Crippen molar-refractivity contribution in [3.63, 3.8) is 0 Å². The lowest BCUT2D eigenvalue weighted by Crippen LogP contribution is -2.27. The van der Waals surface area contributed by atoms with Crippen molar-refractivity contribution in [2.24, 2.45) is 0 Å². The van der Waals surface area contributed by atoms with Gasteiger partial charge in [-0.1, -0.05) is 53.0 Å². The minimum absolute atomic E-state index is 0.0682. The van der Waals surface area contributed by atoms with E-state index in [9.17, 15) is 9.59 Å². The molecule has 186 valence electrons. The first-order chi connectivity index (χ1) is 17.3. The fourth-order valence-corrected chi connectivity index (χ4v) is 4.75. The third-order valence-corrected chi connectivity index (χ3v) is 6.83. The van der Waals surface area contributed by atoms with E-state index in [-0.39, 0.29) is 17.7 Å². The van der Waals surface area contributed by atoms with Crippen LogP contribution in [0.3, 0.4) is 0 Å². The summed E-state index contributed by atoms with van der Waals surface area (Å²) in [6.07, 6.45) is 1.65. The minimum Gasteiger partial charge on any atom is -0.493 e. The van der Waals surface area contributed by atoms with Crippen LogP contribution in [-0.2, 0) is 11.3 Å². The van der Waals surface area contributed by atoms with Crippen LogP contribution in [0.4, 0.5) is 4.79 Å². The van der Waals surface area contributed by atoms with E-state index in [2.05, 4.69) is 0 Å². The largest absolute Gasteiger partial charge is 0.493 e. The number of hydrogen-bond donors (Lipinski definition) is 0. The summed E-state index contributed by atoms with van der Waals surface area (Å²) in [5.41, 5.74) is 2.50. The second-order valence-corrected chi connectivity index (χ2v) is 9.76. The fourth-order valence-electron chi connectivity index (χ4n) is 3.45. The van der Waals surface area contributed by atoms with Crippen molar-refractivity contribution in [3.05, 3.63) is 92.3 Å². The lowest BCUT2D eigenvalue weighted by Gasteiger charge is -2.14. The molecule has 0 unspecified atom stereocenters. The summed E-state index contributed by atoms with van der Waals surface area (Å²) in [7, 11) is 1.54. The number of imide groups is 1. The monoisotopic (exact) mass is 543 g/mol. The number of ether oxygens (including phenoxy) is 3. The highest BCUT2D eigenvalue weighted by Gasteiger charge is 2.35. The number of benzene rings is 3. The molecule has 2 amide bonds. The van der Waals surface area contributed by atoms with E-state index in [4.69, 9.17) is 37.4 Å². The van der Waals surface area contributed by atoms with Gasteiger partial charge in [-0.25, -0.2) is 0 Å². The molecule has 1 aliphatic rings. The molecule has 4 rings (SSSR count). The summed E-state index contributed by atoms with van der Waals surface area (Å²) in [5, 5.41) is 0.519. The molecule has 0 aliphatic carbocycles. The Kier molecular flexibility index (Phi) is 8.46. The Morgan fingerprint density at radius 2 is 1.67 bits per heavy atom. The molecule has 1 saturated heterocycles. The molecular weight excluding hydrogens is 521 g/mol. The smallest absolute Gasteiger partial charge is 0.293 e. The average molecular weight is 544 g/mol. The van der Waals surface area contributed by atoms with Crippen molar-refractivity contribution in [2.75, 3.05) is 20.3 Å². The van der Waals surface area contributed by atoms with Gasteiger partial charge in [0.2, 0.25) is 0 Å². The van der Waals surface area contributed by atoms with Crippen molar-refractivity contribution in [3.8, 4) is 17.2 Å². The molecule has 0 N–H and O–H groups in total. The van der Waals surface area contributed by atoms with Gasteiger partial charge in [0.05, 0.1) is 18.6 Å². The van der Waals surface area contributed by atoms with Crippen LogP contribution < -0.4 is 14.2 Å². The summed E-state index contributed by atoms with van der Waals surface area (Å²) in [6, 6.07) is 18.1. The number of hydrogen-bond acceptors (Lipinski definition) is 6. The van der Waals surface area contributed by atoms with E-state index in [1.54, 1.807) is 49.6 Å². The summed E-state index contributed by atoms with van der Waals surface area (Å²) >= 11 is 13.0. The number of carbonyl (C=O) groups is 2. The van der Waals surface area contributed by atoms with Crippen LogP contribution in [0.2, 0.25) is 10.0 Å². The van der Waals surface area contributed by atoms with Gasteiger partial charge < -0.3 is 14.2 Å². The maximum absolute atomic E-state index is 12.9. The Hall–Kier alpha value is -3.13. The highest BCUT2D eigenvalue weighted by atomic mass is 35.5. The zero-order valence-corrected chi connectivity index (χ0v) is 22.0. The molecular formula is C27H23Cl2NO5S. The van der Waals surface area contributed by atoms with Gasteiger partial charge in [-0.15, -0.1) is 0 Å². The van der Waals surface area contributed by atoms with Crippen molar-refractivity contribution in [2.45, 2.75) is 13.5 Å². The Balaban J connectivity index is 1.39. The molecule has 0 aromatic heterocycles. The standard InChI is InChI=1S/C27H23Cl2NO5S/c1-17-3-8-21(9-4-17)34-11-12-35-23-10-5-18(13-24(23)33-2)14-25-26(31)30(27(32)36-25)16-19-6-7-20(28)15-22(19)29/h3-10,13-15H,11-12,16H2,1-2H3/b25-14-. The van der Waals surface area contributed by atoms with Gasteiger partial charge in [-0.2, -0.15) is 0 Å². The number of halogens is 2. The van der Waals surface area contributed by atoms with E-state index in [0.717, 1.165) is 22.4 Å². The SMILES string of the molecule is COc1cc(/C=C2\SC(=O)N(Cc3ccc(Cl)cc3Cl)C2=O)ccc1OCCOc1ccc(C)cc1. The first kappa shape index (κ1) is 25.9. The molecule has 9 heteroatoms. The molecule has 6 nitrogen and oxygen atoms in total. The Labute approximate surface area is 223 Å². The molecule has 1 heterocycles. The Morgan fingerprint density at radius 1 is 0.917 bits per heavy atom. The minimum atomic E-state index is -0.386. The van der Waals surface area contributed by atoms with E-state index in [1.165, 1.54) is 5.56 Å². The van der Waals surface area contributed by atoms with Crippen LogP contribution in [0.25, 0.3) is 6.08 Å². The predicted molar refractivity (Wildman–Crippen MR) is 143 cm³/mol. The van der Waals surface area contributed by atoms with E-state index in [1.807, 2.05) is 31.2 Å². The lowest BCUT2D eigenvalue weighted by atomic mass is 10.1.